The third kappa shape index (κ3) is 4.65. The molecule has 2 aromatic heterocycles. The van der Waals surface area contributed by atoms with Gasteiger partial charge in [-0.15, -0.1) is 5.10 Å². The lowest BCUT2D eigenvalue weighted by molar-refractivity contribution is 0.602. The first-order valence-corrected chi connectivity index (χ1v) is 13.7. The van der Waals surface area contributed by atoms with Gasteiger partial charge in [-0.1, -0.05) is 46.6 Å². The number of aryl methyl sites for hydroxylation is 1. The van der Waals surface area contributed by atoms with Gasteiger partial charge in [-0.25, -0.2) is 18.1 Å². The van der Waals surface area contributed by atoms with Crippen molar-refractivity contribution in [3.8, 4) is 33.8 Å². The van der Waals surface area contributed by atoms with Gasteiger partial charge in [-0.05, 0) is 72.1 Å². The van der Waals surface area contributed by atoms with Crippen LogP contribution in [0.1, 0.15) is 5.69 Å². The third-order valence-electron chi connectivity index (χ3n) is 5.60. The summed E-state index contributed by atoms with van der Waals surface area (Å²) in [6.07, 6.45) is 4.61. The monoisotopic (exact) mass is 557 g/mol. The summed E-state index contributed by atoms with van der Waals surface area (Å²) in [6.45, 7) is 1.85. The highest BCUT2D eigenvalue weighted by Gasteiger charge is 2.19. The van der Waals surface area contributed by atoms with Crippen molar-refractivity contribution in [1.82, 2.24) is 24.5 Å². The number of benzene rings is 3. The normalized spacial score (nSPS) is 11.7. The summed E-state index contributed by atoms with van der Waals surface area (Å²) in [6, 6.07) is 17.6. The number of imidazole rings is 1. The van der Waals surface area contributed by atoms with E-state index in [1.165, 1.54) is 6.26 Å². The molecule has 11 heteroatoms. The average molecular weight is 559 g/mol. The van der Waals surface area contributed by atoms with Crippen molar-refractivity contribution in [1.29, 1.82) is 0 Å². The van der Waals surface area contributed by atoms with E-state index in [1.54, 1.807) is 51.8 Å². The molecule has 0 bridgehead atoms. The SMILES string of the molecule is Cc1cn(-c2ccc(-c3cccc(S(C)(=O)=O)c3)cc2-n2nncc2-c2ccc(Cl)cc2Cl)c(Cl)n1. The maximum atomic E-state index is 12.1. The molecule has 0 fully saturated rings. The highest BCUT2D eigenvalue weighted by molar-refractivity contribution is 7.90. The van der Waals surface area contributed by atoms with Gasteiger partial charge in [-0.3, -0.25) is 4.57 Å². The van der Waals surface area contributed by atoms with E-state index in [2.05, 4.69) is 15.3 Å². The Labute approximate surface area is 222 Å². The Kier molecular flexibility index (Phi) is 6.38. The molecule has 3 aromatic carbocycles. The van der Waals surface area contributed by atoms with Gasteiger partial charge < -0.3 is 0 Å². The fraction of sp³-hybridized carbons (Fsp3) is 0.0800. The first kappa shape index (κ1) is 24.5. The van der Waals surface area contributed by atoms with Gasteiger partial charge >= 0.3 is 0 Å². The summed E-state index contributed by atoms with van der Waals surface area (Å²) in [5, 5.41) is 9.72. The van der Waals surface area contributed by atoms with E-state index in [0.717, 1.165) is 16.8 Å². The van der Waals surface area contributed by atoms with E-state index >= 15 is 0 Å². The van der Waals surface area contributed by atoms with Crippen molar-refractivity contribution >= 4 is 44.6 Å². The van der Waals surface area contributed by atoms with E-state index in [-0.39, 0.29) is 10.2 Å². The van der Waals surface area contributed by atoms with Gasteiger partial charge in [0.05, 0.1) is 38.9 Å². The molecule has 36 heavy (non-hydrogen) atoms. The average Bonchev–Trinajstić information content (AvgIpc) is 3.44. The van der Waals surface area contributed by atoms with Gasteiger partial charge in [0.2, 0.25) is 5.28 Å². The first-order valence-electron chi connectivity index (χ1n) is 10.6. The second-order valence-electron chi connectivity index (χ2n) is 8.18. The summed E-state index contributed by atoms with van der Waals surface area (Å²) in [5.41, 5.74) is 4.90. The lowest BCUT2D eigenvalue weighted by Gasteiger charge is -2.16. The molecule has 0 unspecified atom stereocenters. The van der Waals surface area contributed by atoms with Gasteiger partial charge in [0.15, 0.2) is 9.84 Å². The van der Waals surface area contributed by atoms with Gasteiger partial charge in [0.1, 0.15) is 0 Å². The van der Waals surface area contributed by atoms with Crippen molar-refractivity contribution < 1.29 is 8.42 Å². The molecule has 0 aliphatic heterocycles. The molecule has 0 atom stereocenters. The molecule has 0 saturated heterocycles. The zero-order valence-corrected chi connectivity index (χ0v) is 22.1. The van der Waals surface area contributed by atoms with Crippen LogP contribution < -0.4 is 0 Å². The molecular formula is C25H18Cl3N5O2S. The Hall–Kier alpha value is -3.17. The molecule has 0 N–H and O–H groups in total. The largest absolute Gasteiger partial charge is 0.288 e. The molecule has 0 saturated carbocycles. The maximum absolute atomic E-state index is 12.1. The Balaban J connectivity index is 1.76. The number of halogens is 3. The first-order chi connectivity index (χ1) is 17.1. The van der Waals surface area contributed by atoms with E-state index in [9.17, 15) is 8.42 Å². The van der Waals surface area contributed by atoms with Crippen molar-refractivity contribution in [2.45, 2.75) is 11.8 Å². The molecule has 0 aliphatic carbocycles. The lowest BCUT2D eigenvalue weighted by Crippen LogP contribution is -2.06. The van der Waals surface area contributed by atoms with Crippen LogP contribution in [0.3, 0.4) is 0 Å². The second-order valence-corrected chi connectivity index (χ2v) is 11.4. The van der Waals surface area contributed by atoms with Crippen LogP contribution >= 0.6 is 34.8 Å². The molecular weight excluding hydrogens is 541 g/mol. The zero-order valence-electron chi connectivity index (χ0n) is 19.0. The Morgan fingerprint density at radius 2 is 1.67 bits per heavy atom. The Bertz CT molecular complexity index is 1730. The molecule has 7 nitrogen and oxygen atoms in total. The van der Waals surface area contributed by atoms with Crippen LogP contribution in [-0.2, 0) is 9.84 Å². The summed E-state index contributed by atoms with van der Waals surface area (Å²) in [5.74, 6) is 0. The van der Waals surface area contributed by atoms with Crippen LogP contribution in [0.5, 0.6) is 0 Å². The van der Waals surface area contributed by atoms with Crippen molar-refractivity contribution in [2.75, 3.05) is 6.26 Å². The summed E-state index contributed by atoms with van der Waals surface area (Å²) < 4.78 is 27.7. The van der Waals surface area contributed by atoms with Gasteiger partial charge in [-0.2, -0.15) is 0 Å². The van der Waals surface area contributed by atoms with Crippen LogP contribution in [0, 0.1) is 6.92 Å². The van der Waals surface area contributed by atoms with E-state index < -0.39 is 9.84 Å². The van der Waals surface area contributed by atoms with Crippen LogP contribution in [0.2, 0.25) is 15.3 Å². The fourth-order valence-electron chi connectivity index (χ4n) is 3.91. The van der Waals surface area contributed by atoms with Crippen molar-refractivity contribution in [3.63, 3.8) is 0 Å². The molecule has 2 heterocycles. The number of hydrogen-bond donors (Lipinski definition) is 0. The molecule has 5 rings (SSSR count). The van der Waals surface area contributed by atoms with Crippen LogP contribution in [-0.4, -0.2) is 39.2 Å². The van der Waals surface area contributed by atoms with Crippen LogP contribution in [0.15, 0.2) is 78.0 Å². The molecule has 0 amide bonds. The summed E-state index contributed by atoms with van der Waals surface area (Å²) in [7, 11) is -3.37. The highest BCUT2D eigenvalue weighted by Crippen LogP contribution is 2.35. The minimum absolute atomic E-state index is 0.230. The predicted molar refractivity (Wildman–Crippen MR) is 142 cm³/mol. The molecule has 182 valence electrons. The molecule has 5 aromatic rings. The number of aromatic nitrogens is 5. The maximum Gasteiger partial charge on any atom is 0.207 e. The predicted octanol–water partition coefficient (Wildman–Crippen LogP) is 6.46. The quantitative estimate of drug-likeness (QED) is 0.247. The Morgan fingerprint density at radius 1 is 0.889 bits per heavy atom. The van der Waals surface area contributed by atoms with E-state index in [4.69, 9.17) is 34.8 Å². The summed E-state index contributed by atoms with van der Waals surface area (Å²) in [4.78, 5) is 4.54. The molecule has 0 aliphatic rings. The summed E-state index contributed by atoms with van der Waals surface area (Å²) >= 11 is 19.1. The minimum atomic E-state index is -3.37. The third-order valence-corrected chi connectivity index (χ3v) is 7.52. The van der Waals surface area contributed by atoms with Crippen LogP contribution in [0.25, 0.3) is 33.8 Å². The van der Waals surface area contributed by atoms with Gasteiger partial charge in [0.25, 0.3) is 0 Å². The van der Waals surface area contributed by atoms with E-state index in [1.807, 2.05) is 37.4 Å². The van der Waals surface area contributed by atoms with E-state index in [0.29, 0.717) is 32.7 Å². The van der Waals surface area contributed by atoms with Gasteiger partial charge in [0, 0.05) is 23.0 Å². The number of nitrogens with zero attached hydrogens (tertiary/aromatic N) is 5. The Morgan fingerprint density at radius 3 is 2.36 bits per heavy atom. The fourth-order valence-corrected chi connectivity index (χ4v) is 5.36. The van der Waals surface area contributed by atoms with Crippen molar-refractivity contribution in [3.05, 3.63) is 94.1 Å². The molecule has 0 radical (unpaired) electrons. The number of rotatable bonds is 5. The highest BCUT2D eigenvalue weighted by atomic mass is 35.5. The number of hydrogen-bond acceptors (Lipinski definition) is 5. The topological polar surface area (TPSA) is 82.7 Å². The number of sulfone groups is 1. The smallest absolute Gasteiger partial charge is 0.207 e. The minimum Gasteiger partial charge on any atom is -0.288 e. The second kappa shape index (κ2) is 9.37. The lowest BCUT2D eigenvalue weighted by atomic mass is 10.0. The standard InChI is InChI=1S/C25H18Cl3N5O2S/c1-15-14-32(25(28)30-15)22-9-6-17(16-4-3-5-19(10-16)36(2,34)35)11-23(22)33-24(13-29-31-33)20-8-7-18(26)12-21(20)27/h3-14H,1-2H3. The molecule has 0 spiro atoms. The van der Waals surface area contributed by atoms with Crippen molar-refractivity contribution in [2.24, 2.45) is 0 Å². The van der Waals surface area contributed by atoms with Crippen LogP contribution in [0.4, 0.5) is 0 Å². The zero-order chi connectivity index (χ0) is 25.6.